The number of carbonyl (C=O) groups is 1. The molecule has 25 heavy (non-hydrogen) atoms. The average molecular weight is 497 g/mol. The van der Waals surface area contributed by atoms with E-state index in [0.29, 0.717) is 28.5 Å². The molecule has 1 fully saturated rings. The minimum atomic E-state index is -3.57. The Morgan fingerprint density at radius 2 is 2.08 bits per heavy atom. The Kier molecular flexibility index (Phi) is 7.45. The van der Waals surface area contributed by atoms with Crippen molar-refractivity contribution in [3.8, 4) is 0 Å². The molecule has 0 spiro atoms. The number of amides is 1. The molecule has 1 aromatic carbocycles. The Bertz CT molecular complexity index is 725. The molecule has 1 aliphatic heterocycles. The first-order valence-electron chi connectivity index (χ1n) is 8.12. The van der Waals surface area contributed by atoms with Crippen molar-refractivity contribution in [2.24, 2.45) is 0 Å². The van der Waals surface area contributed by atoms with Gasteiger partial charge >= 0.3 is 0 Å². The van der Waals surface area contributed by atoms with E-state index in [1.165, 1.54) is 0 Å². The van der Waals surface area contributed by atoms with Gasteiger partial charge in [0.05, 0.1) is 10.9 Å². The normalized spacial score (nSPS) is 18.5. The molecule has 1 heterocycles. The van der Waals surface area contributed by atoms with E-state index in [4.69, 9.17) is 0 Å². The molecule has 0 bridgehead atoms. The van der Waals surface area contributed by atoms with E-state index in [1.807, 2.05) is 0 Å². The highest BCUT2D eigenvalue weighted by Gasteiger charge is 2.31. The van der Waals surface area contributed by atoms with Crippen LogP contribution < -0.4 is 4.72 Å². The predicted molar refractivity (Wildman–Crippen MR) is 105 cm³/mol. The van der Waals surface area contributed by atoms with Gasteiger partial charge in [0, 0.05) is 36.1 Å². The van der Waals surface area contributed by atoms with Gasteiger partial charge in [-0.3, -0.25) is 9.69 Å². The van der Waals surface area contributed by atoms with Gasteiger partial charge in [-0.2, -0.15) is 0 Å². The fourth-order valence-corrected chi connectivity index (χ4v) is 5.50. The molecule has 0 aromatic heterocycles. The van der Waals surface area contributed by atoms with Gasteiger partial charge in [0.15, 0.2) is 0 Å². The Morgan fingerprint density at radius 3 is 2.76 bits per heavy atom. The van der Waals surface area contributed by atoms with Gasteiger partial charge in [-0.25, -0.2) is 13.1 Å². The lowest BCUT2D eigenvalue weighted by atomic mass is 10.2. The van der Waals surface area contributed by atoms with Gasteiger partial charge in [-0.15, -0.1) is 0 Å². The SMILES string of the molecule is CN(C)C(=O)C1CCCN1CCCNS(=O)(=O)c1cc(Br)ccc1Br. The molecule has 1 saturated heterocycles. The average Bonchev–Trinajstić information content (AvgIpc) is 3.01. The maximum atomic E-state index is 12.4. The summed E-state index contributed by atoms with van der Waals surface area (Å²) in [4.78, 5) is 16.1. The van der Waals surface area contributed by atoms with Crippen molar-refractivity contribution in [1.82, 2.24) is 14.5 Å². The van der Waals surface area contributed by atoms with Gasteiger partial charge in [0.25, 0.3) is 0 Å². The second-order valence-corrected chi connectivity index (χ2v) is 9.76. The molecule has 0 radical (unpaired) electrons. The Hall–Kier alpha value is -0.480. The number of halogens is 2. The van der Waals surface area contributed by atoms with Crippen LogP contribution in [0.15, 0.2) is 32.0 Å². The number of likely N-dealkylation sites (tertiary alicyclic amines) is 1. The van der Waals surface area contributed by atoms with Crippen LogP contribution >= 0.6 is 31.9 Å². The third kappa shape index (κ3) is 5.50. The summed E-state index contributed by atoms with van der Waals surface area (Å²) in [5.41, 5.74) is 0. The molecule has 9 heteroatoms. The van der Waals surface area contributed by atoms with Gasteiger partial charge < -0.3 is 4.90 Å². The van der Waals surface area contributed by atoms with E-state index in [-0.39, 0.29) is 16.8 Å². The summed E-state index contributed by atoms with van der Waals surface area (Å²) in [6.45, 7) is 1.92. The second-order valence-electron chi connectivity index (χ2n) is 6.25. The summed E-state index contributed by atoms with van der Waals surface area (Å²) in [7, 11) is -0.0397. The summed E-state index contributed by atoms with van der Waals surface area (Å²) < 4.78 is 28.7. The number of benzene rings is 1. The number of rotatable bonds is 7. The fraction of sp³-hybridized carbons (Fsp3) is 0.562. The third-order valence-electron chi connectivity index (χ3n) is 4.19. The standard InChI is InChI=1S/C16H23Br2N3O3S/c1-20(2)16(22)14-5-3-9-21(14)10-4-8-19-25(23,24)15-11-12(17)6-7-13(15)18/h6-7,11,14,19H,3-5,8-10H2,1-2H3. The Labute approximate surface area is 166 Å². The van der Waals surface area contributed by atoms with Crippen molar-refractivity contribution >= 4 is 47.8 Å². The molecule has 0 saturated carbocycles. The molecule has 140 valence electrons. The lowest BCUT2D eigenvalue weighted by Gasteiger charge is -2.26. The lowest BCUT2D eigenvalue weighted by molar-refractivity contribution is -0.133. The molecule has 0 aliphatic carbocycles. The van der Waals surface area contributed by atoms with Crippen molar-refractivity contribution in [3.63, 3.8) is 0 Å². The summed E-state index contributed by atoms with van der Waals surface area (Å²) in [5.74, 6) is 0.121. The monoisotopic (exact) mass is 495 g/mol. The van der Waals surface area contributed by atoms with E-state index >= 15 is 0 Å². The summed E-state index contributed by atoms with van der Waals surface area (Å²) in [6, 6.07) is 4.96. The number of hydrogen-bond acceptors (Lipinski definition) is 4. The smallest absolute Gasteiger partial charge is 0.241 e. The van der Waals surface area contributed by atoms with Crippen LogP contribution in [-0.4, -0.2) is 63.9 Å². The van der Waals surface area contributed by atoms with Crippen LogP contribution in [0.1, 0.15) is 19.3 Å². The minimum absolute atomic E-state index is 0.0779. The Morgan fingerprint density at radius 1 is 1.36 bits per heavy atom. The third-order valence-corrected chi connectivity index (χ3v) is 7.13. The van der Waals surface area contributed by atoms with Crippen molar-refractivity contribution in [2.45, 2.75) is 30.2 Å². The summed E-state index contributed by atoms with van der Waals surface area (Å²) >= 11 is 6.57. The first-order chi connectivity index (χ1) is 11.7. The van der Waals surface area contributed by atoms with E-state index in [1.54, 1.807) is 37.2 Å². The number of hydrogen-bond donors (Lipinski definition) is 1. The van der Waals surface area contributed by atoms with E-state index in [0.717, 1.165) is 19.4 Å². The molecule has 1 N–H and O–H groups in total. The topological polar surface area (TPSA) is 69.7 Å². The van der Waals surface area contributed by atoms with Crippen LogP contribution in [0.3, 0.4) is 0 Å². The second kappa shape index (κ2) is 8.94. The van der Waals surface area contributed by atoms with Crippen molar-refractivity contribution in [1.29, 1.82) is 0 Å². The number of likely N-dealkylation sites (N-methyl/N-ethyl adjacent to an activating group) is 1. The zero-order valence-corrected chi connectivity index (χ0v) is 18.3. The maximum absolute atomic E-state index is 12.4. The number of nitrogens with one attached hydrogen (secondary N) is 1. The molecule has 1 atom stereocenters. The number of sulfonamides is 1. The highest BCUT2D eigenvalue weighted by molar-refractivity contribution is 9.11. The molecular weight excluding hydrogens is 474 g/mol. The molecule has 1 aliphatic rings. The largest absolute Gasteiger partial charge is 0.347 e. The van der Waals surface area contributed by atoms with Crippen LogP contribution in [0.4, 0.5) is 0 Å². The van der Waals surface area contributed by atoms with E-state index in [2.05, 4.69) is 41.5 Å². The maximum Gasteiger partial charge on any atom is 0.241 e. The number of carbonyl (C=O) groups excluding carboxylic acids is 1. The van der Waals surface area contributed by atoms with Gasteiger partial charge in [0.2, 0.25) is 15.9 Å². The van der Waals surface area contributed by atoms with Crippen molar-refractivity contribution in [2.75, 3.05) is 33.7 Å². The van der Waals surface area contributed by atoms with Crippen molar-refractivity contribution < 1.29 is 13.2 Å². The quantitative estimate of drug-likeness (QED) is 0.588. The molecule has 1 aromatic rings. The molecule has 1 unspecified atom stereocenters. The van der Waals surface area contributed by atoms with Crippen LogP contribution in [0.25, 0.3) is 0 Å². The molecular formula is C16H23Br2N3O3S. The van der Waals surface area contributed by atoms with Crippen LogP contribution in [-0.2, 0) is 14.8 Å². The fourth-order valence-electron chi connectivity index (χ4n) is 2.92. The molecule has 2 rings (SSSR count). The van der Waals surface area contributed by atoms with Crippen LogP contribution in [0, 0.1) is 0 Å². The lowest BCUT2D eigenvalue weighted by Crippen LogP contribution is -2.43. The summed E-state index contributed by atoms with van der Waals surface area (Å²) in [5, 5.41) is 0. The van der Waals surface area contributed by atoms with E-state index in [9.17, 15) is 13.2 Å². The van der Waals surface area contributed by atoms with Gasteiger partial charge in [0.1, 0.15) is 0 Å². The highest BCUT2D eigenvalue weighted by atomic mass is 79.9. The zero-order chi connectivity index (χ0) is 18.6. The molecule has 6 nitrogen and oxygen atoms in total. The first-order valence-corrected chi connectivity index (χ1v) is 11.2. The Balaban J connectivity index is 1.88. The van der Waals surface area contributed by atoms with Crippen molar-refractivity contribution in [3.05, 3.63) is 27.1 Å². The highest BCUT2D eigenvalue weighted by Crippen LogP contribution is 2.25. The first kappa shape index (κ1) is 20.8. The summed E-state index contributed by atoms with van der Waals surface area (Å²) in [6.07, 6.45) is 2.52. The number of nitrogens with zero attached hydrogens (tertiary/aromatic N) is 2. The van der Waals surface area contributed by atoms with E-state index < -0.39 is 10.0 Å². The van der Waals surface area contributed by atoms with Gasteiger partial charge in [-0.05, 0) is 59.9 Å². The minimum Gasteiger partial charge on any atom is -0.347 e. The zero-order valence-electron chi connectivity index (χ0n) is 14.3. The van der Waals surface area contributed by atoms with Gasteiger partial charge in [-0.1, -0.05) is 15.9 Å². The molecule has 1 amide bonds. The predicted octanol–water partition coefficient (Wildman–Crippen LogP) is 2.43. The van der Waals surface area contributed by atoms with Crippen LogP contribution in [0.5, 0.6) is 0 Å². The van der Waals surface area contributed by atoms with Crippen LogP contribution in [0.2, 0.25) is 0 Å².